The lowest BCUT2D eigenvalue weighted by Crippen LogP contribution is -2.41. The molecule has 2 fully saturated rings. The quantitative estimate of drug-likeness (QED) is 0.717. The molecule has 3 nitrogen and oxygen atoms in total. The van der Waals surface area contributed by atoms with Gasteiger partial charge in [0.2, 0.25) is 0 Å². The molecule has 0 bridgehead atoms. The van der Waals surface area contributed by atoms with E-state index in [-0.39, 0.29) is 6.10 Å². The Labute approximate surface area is 92.6 Å². The highest BCUT2D eigenvalue weighted by Gasteiger charge is 2.32. The average molecular weight is 212 g/mol. The maximum absolute atomic E-state index is 9.57. The van der Waals surface area contributed by atoms with E-state index in [9.17, 15) is 5.11 Å². The molecule has 2 aliphatic rings. The fourth-order valence-electron chi connectivity index (χ4n) is 3.07. The Morgan fingerprint density at radius 3 is 2.73 bits per heavy atom. The Balaban J connectivity index is 1.84. The second kappa shape index (κ2) is 4.81. The van der Waals surface area contributed by atoms with Crippen LogP contribution >= 0.6 is 0 Å². The molecule has 0 radical (unpaired) electrons. The summed E-state index contributed by atoms with van der Waals surface area (Å²) in [6.07, 6.45) is 5.95. The molecule has 0 amide bonds. The summed E-state index contributed by atoms with van der Waals surface area (Å²) in [6, 6.07) is 1.10. The molecule has 1 aliphatic heterocycles. The van der Waals surface area contributed by atoms with Gasteiger partial charge in [-0.25, -0.2) is 0 Å². The zero-order valence-electron chi connectivity index (χ0n) is 9.73. The van der Waals surface area contributed by atoms with Gasteiger partial charge in [-0.3, -0.25) is 4.90 Å². The molecule has 3 N–H and O–H groups in total. The largest absolute Gasteiger partial charge is 0.393 e. The zero-order valence-corrected chi connectivity index (χ0v) is 9.73. The Morgan fingerprint density at radius 1 is 1.33 bits per heavy atom. The second-order valence-electron chi connectivity index (χ2n) is 5.36. The standard InChI is InChI=1S/C12H24N2O/c1-9(15)10-5-6-14(8-10)12-4-2-3-11(13)7-12/h9-12,15H,2-8,13H2,1H3. The average Bonchev–Trinajstić information content (AvgIpc) is 2.66. The summed E-state index contributed by atoms with van der Waals surface area (Å²) in [7, 11) is 0. The number of likely N-dealkylation sites (tertiary alicyclic amines) is 1. The monoisotopic (exact) mass is 212 g/mol. The molecule has 1 saturated heterocycles. The second-order valence-corrected chi connectivity index (χ2v) is 5.36. The van der Waals surface area contributed by atoms with E-state index >= 15 is 0 Å². The van der Waals surface area contributed by atoms with Crippen molar-refractivity contribution < 1.29 is 5.11 Å². The maximum atomic E-state index is 9.57. The van der Waals surface area contributed by atoms with Crippen molar-refractivity contribution >= 4 is 0 Å². The Hall–Kier alpha value is -0.120. The smallest absolute Gasteiger partial charge is 0.0552 e. The molecule has 0 aromatic heterocycles. The van der Waals surface area contributed by atoms with Crippen molar-refractivity contribution in [3.63, 3.8) is 0 Å². The summed E-state index contributed by atoms with van der Waals surface area (Å²) >= 11 is 0. The minimum absolute atomic E-state index is 0.146. The molecule has 1 aliphatic carbocycles. The van der Waals surface area contributed by atoms with Crippen LogP contribution in [0, 0.1) is 5.92 Å². The molecular formula is C12H24N2O. The van der Waals surface area contributed by atoms with Gasteiger partial charge in [0.05, 0.1) is 6.10 Å². The van der Waals surface area contributed by atoms with Crippen molar-refractivity contribution in [2.75, 3.05) is 13.1 Å². The third-order valence-electron chi connectivity index (χ3n) is 4.14. The molecule has 3 heteroatoms. The summed E-state index contributed by atoms with van der Waals surface area (Å²) in [5, 5.41) is 9.57. The predicted molar refractivity (Wildman–Crippen MR) is 61.6 cm³/mol. The third kappa shape index (κ3) is 2.71. The first-order valence-corrected chi connectivity index (χ1v) is 6.34. The van der Waals surface area contributed by atoms with Crippen molar-refractivity contribution in [3.05, 3.63) is 0 Å². The van der Waals surface area contributed by atoms with E-state index in [1.807, 2.05) is 6.92 Å². The van der Waals surface area contributed by atoms with Crippen molar-refractivity contribution in [1.82, 2.24) is 4.90 Å². The molecule has 0 aromatic carbocycles. The van der Waals surface area contributed by atoms with Crippen LogP contribution < -0.4 is 5.73 Å². The van der Waals surface area contributed by atoms with E-state index in [0.717, 1.165) is 25.9 Å². The van der Waals surface area contributed by atoms with E-state index in [0.29, 0.717) is 18.0 Å². The molecule has 0 aromatic rings. The van der Waals surface area contributed by atoms with Gasteiger partial charge in [0, 0.05) is 18.6 Å². The SMILES string of the molecule is CC(O)C1CCN(C2CCCC(N)C2)C1. The minimum atomic E-state index is -0.146. The van der Waals surface area contributed by atoms with Crippen LogP contribution in [0.4, 0.5) is 0 Å². The van der Waals surface area contributed by atoms with E-state index in [2.05, 4.69) is 4.90 Å². The van der Waals surface area contributed by atoms with E-state index < -0.39 is 0 Å². The lowest BCUT2D eigenvalue weighted by Gasteiger charge is -2.34. The number of nitrogens with two attached hydrogens (primary N) is 1. The van der Waals surface area contributed by atoms with Gasteiger partial charge in [-0.2, -0.15) is 0 Å². The van der Waals surface area contributed by atoms with Crippen LogP contribution in [-0.4, -0.2) is 41.3 Å². The summed E-state index contributed by atoms with van der Waals surface area (Å²) in [5.74, 6) is 0.489. The molecule has 4 atom stereocenters. The van der Waals surface area contributed by atoms with Gasteiger partial charge in [-0.05, 0) is 45.1 Å². The highest BCUT2D eigenvalue weighted by Crippen LogP contribution is 2.28. The first kappa shape index (κ1) is 11.4. The van der Waals surface area contributed by atoms with Crippen LogP contribution in [0.15, 0.2) is 0 Å². The molecule has 88 valence electrons. The van der Waals surface area contributed by atoms with Gasteiger partial charge in [-0.1, -0.05) is 6.42 Å². The number of aliphatic hydroxyl groups is 1. The lowest BCUT2D eigenvalue weighted by molar-refractivity contribution is 0.114. The topological polar surface area (TPSA) is 49.5 Å². The van der Waals surface area contributed by atoms with Crippen LogP contribution in [0.2, 0.25) is 0 Å². The first-order chi connectivity index (χ1) is 7.16. The number of hydrogen-bond acceptors (Lipinski definition) is 3. The van der Waals surface area contributed by atoms with Crippen LogP contribution in [0.1, 0.15) is 39.0 Å². The Bertz CT molecular complexity index is 208. The van der Waals surface area contributed by atoms with Crippen LogP contribution in [0.3, 0.4) is 0 Å². The number of rotatable bonds is 2. The van der Waals surface area contributed by atoms with Gasteiger partial charge in [0.15, 0.2) is 0 Å². The van der Waals surface area contributed by atoms with Gasteiger partial charge in [-0.15, -0.1) is 0 Å². The molecule has 15 heavy (non-hydrogen) atoms. The molecule has 1 saturated carbocycles. The van der Waals surface area contributed by atoms with Crippen LogP contribution in [0.25, 0.3) is 0 Å². The fraction of sp³-hybridized carbons (Fsp3) is 1.00. The molecule has 0 spiro atoms. The normalized spacial score (nSPS) is 40.6. The van der Waals surface area contributed by atoms with Crippen molar-refractivity contribution in [2.24, 2.45) is 11.7 Å². The molecule has 2 rings (SSSR count). The van der Waals surface area contributed by atoms with Crippen LogP contribution in [0.5, 0.6) is 0 Å². The number of aliphatic hydroxyl groups excluding tert-OH is 1. The number of hydrogen-bond donors (Lipinski definition) is 2. The molecular weight excluding hydrogens is 188 g/mol. The first-order valence-electron chi connectivity index (χ1n) is 6.34. The highest BCUT2D eigenvalue weighted by molar-refractivity contribution is 4.87. The van der Waals surface area contributed by atoms with Crippen molar-refractivity contribution in [2.45, 2.75) is 57.2 Å². The summed E-state index contributed by atoms with van der Waals surface area (Å²) in [5.41, 5.74) is 6.01. The van der Waals surface area contributed by atoms with Gasteiger partial charge in [0.1, 0.15) is 0 Å². The summed E-state index contributed by atoms with van der Waals surface area (Å²) in [6.45, 7) is 4.16. The van der Waals surface area contributed by atoms with E-state index in [4.69, 9.17) is 5.73 Å². The highest BCUT2D eigenvalue weighted by atomic mass is 16.3. The lowest BCUT2D eigenvalue weighted by atomic mass is 9.90. The summed E-state index contributed by atoms with van der Waals surface area (Å²) in [4.78, 5) is 2.55. The van der Waals surface area contributed by atoms with Crippen LogP contribution in [-0.2, 0) is 0 Å². The van der Waals surface area contributed by atoms with Gasteiger partial charge >= 0.3 is 0 Å². The molecule has 1 heterocycles. The molecule has 4 unspecified atom stereocenters. The zero-order chi connectivity index (χ0) is 10.8. The fourth-order valence-corrected chi connectivity index (χ4v) is 3.07. The third-order valence-corrected chi connectivity index (χ3v) is 4.14. The van der Waals surface area contributed by atoms with Gasteiger partial charge < -0.3 is 10.8 Å². The van der Waals surface area contributed by atoms with Gasteiger partial charge in [0.25, 0.3) is 0 Å². The number of nitrogens with zero attached hydrogens (tertiary/aromatic N) is 1. The van der Waals surface area contributed by atoms with Crippen molar-refractivity contribution in [1.29, 1.82) is 0 Å². The van der Waals surface area contributed by atoms with E-state index in [1.54, 1.807) is 0 Å². The van der Waals surface area contributed by atoms with E-state index in [1.165, 1.54) is 19.3 Å². The Kier molecular flexibility index (Phi) is 3.65. The minimum Gasteiger partial charge on any atom is -0.393 e. The maximum Gasteiger partial charge on any atom is 0.0552 e. The Morgan fingerprint density at radius 2 is 2.13 bits per heavy atom. The predicted octanol–water partition coefficient (Wildman–Crippen LogP) is 0.959. The van der Waals surface area contributed by atoms with Crippen molar-refractivity contribution in [3.8, 4) is 0 Å². The summed E-state index contributed by atoms with van der Waals surface area (Å²) < 4.78 is 0.